The van der Waals surface area contributed by atoms with E-state index in [0.29, 0.717) is 46.8 Å². The van der Waals surface area contributed by atoms with Gasteiger partial charge in [0.05, 0.1) is 17.8 Å². The van der Waals surface area contributed by atoms with Crippen LogP contribution in [-0.2, 0) is 13.1 Å². The van der Waals surface area contributed by atoms with Crippen LogP contribution in [0.1, 0.15) is 36.5 Å². The third-order valence-corrected chi connectivity index (χ3v) is 7.38. The Morgan fingerprint density at radius 2 is 1.74 bits per heavy atom. The summed E-state index contributed by atoms with van der Waals surface area (Å²) in [6.45, 7) is 4.24. The molecular formula is C28H29ClF3N7O3. The number of para-hydroxylation sites is 1. The number of halogens is 4. The van der Waals surface area contributed by atoms with E-state index in [1.807, 2.05) is 4.90 Å². The van der Waals surface area contributed by atoms with Gasteiger partial charge in [0.25, 0.3) is 5.91 Å². The number of aliphatic hydroxyl groups excluding tert-OH is 1. The van der Waals surface area contributed by atoms with Gasteiger partial charge in [-0.1, -0.05) is 37.6 Å². The van der Waals surface area contributed by atoms with Crippen LogP contribution in [0.3, 0.4) is 0 Å². The summed E-state index contributed by atoms with van der Waals surface area (Å²) < 4.78 is 42.6. The number of hydrogen-bond donors (Lipinski definition) is 1. The maximum absolute atomic E-state index is 13.5. The second-order valence-electron chi connectivity index (χ2n) is 10.7. The van der Waals surface area contributed by atoms with Crippen molar-refractivity contribution in [2.75, 3.05) is 13.1 Å². The topological polar surface area (TPSA) is 111 Å². The van der Waals surface area contributed by atoms with Gasteiger partial charge in [0, 0.05) is 23.7 Å². The number of likely N-dealkylation sites (tertiary alicyclic amines) is 1. The van der Waals surface area contributed by atoms with E-state index in [1.165, 1.54) is 35.3 Å². The number of nitrogens with zero attached hydrogens (tertiary/aromatic N) is 7. The summed E-state index contributed by atoms with van der Waals surface area (Å²) in [5, 5.41) is 18.8. The van der Waals surface area contributed by atoms with Gasteiger partial charge in [-0.2, -0.15) is 13.2 Å². The summed E-state index contributed by atoms with van der Waals surface area (Å²) in [6.07, 6.45) is -5.26. The van der Waals surface area contributed by atoms with Crippen LogP contribution in [0, 0.1) is 11.8 Å². The molecule has 2 aromatic carbocycles. The van der Waals surface area contributed by atoms with Gasteiger partial charge in [0.2, 0.25) is 0 Å². The lowest BCUT2D eigenvalue weighted by molar-refractivity contribution is -0.207. The van der Waals surface area contributed by atoms with E-state index >= 15 is 0 Å². The first kappa shape index (κ1) is 29.5. The number of aliphatic hydroxyl groups is 1. The molecule has 10 nitrogen and oxygen atoms in total. The fraction of sp³-hybridized carbons (Fsp3) is 0.393. The first-order valence-electron chi connectivity index (χ1n) is 13.4. The van der Waals surface area contributed by atoms with E-state index in [9.17, 15) is 27.9 Å². The molecule has 2 aromatic heterocycles. The highest BCUT2D eigenvalue weighted by molar-refractivity contribution is 6.30. The maximum Gasteiger partial charge on any atom is 0.416 e. The Morgan fingerprint density at radius 1 is 1.07 bits per heavy atom. The highest BCUT2D eigenvalue weighted by Gasteiger charge is 2.39. The van der Waals surface area contributed by atoms with Gasteiger partial charge in [-0.25, -0.2) is 19.1 Å². The summed E-state index contributed by atoms with van der Waals surface area (Å²) in [4.78, 5) is 32.8. The Kier molecular flexibility index (Phi) is 8.24. The predicted octanol–water partition coefficient (Wildman–Crippen LogP) is 4.04. The third-order valence-electron chi connectivity index (χ3n) is 7.13. The second kappa shape index (κ2) is 11.7. The van der Waals surface area contributed by atoms with Crippen molar-refractivity contribution in [1.29, 1.82) is 0 Å². The molecule has 1 fully saturated rings. The SMILES string of the molecule is CC1CC(C)CN(C(=O)c2ccccc2-n2cnc(Cn3nc(-c4ccc(Cl)cc4)n(C[C@H](O)C(F)(F)F)c3=O)n2)C1. The molecule has 1 saturated heterocycles. The molecule has 3 atom stereocenters. The summed E-state index contributed by atoms with van der Waals surface area (Å²) in [7, 11) is 0. The van der Waals surface area contributed by atoms with Crippen molar-refractivity contribution in [3.8, 4) is 17.1 Å². The molecule has 1 amide bonds. The molecule has 0 radical (unpaired) electrons. The number of aromatic nitrogens is 6. The number of hydrogen-bond acceptors (Lipinski definition) is 6. The first-order valence-corrected chi connectivity index (χ1v) is 13.8. The average Bonchev–Trinajstić information content (AvgIpc) is 3.52. The summed E-state index contributed by atoms with van der Waals surface area (Å²) in [5.41, 5.74) is 0.392. The quantitative estimate of drug-likeness (QED) is 0.341. The van der Waals surface area contributed by atoms with Gasteiger partial charge in [0.1, 0.15) is 12.9 Å². The number of benzene rings is 2. The molecule has 0 bridgehead atoms. The Labute approximate surface area is 244 Å². The Balaban J connectivity index is 1.45. The van der Waals surface area contributed by atoms with Crippen molar-refractivity contribution < 1.29 is 23.1 Å². The van der Waals surface area contributed by atoms with Gasteiger partial charge in [-0.05, 0) is 54.7 Å². The lowest BCUT2D eigenvalue weighted by atomic mass is 9.91. The maximum atomic E-state index is 13.5. The van der Waals surface area contributed by atoms with Gasteiger partial charge >= 0.3 is 11.9 Å². The lowest BCUT2D eigenvalue weighted by Crippen LogP contribution is -2.42. The zero-order chi connectivity index (χ0) is 30.2. The van der Waals surface area contributed by atoms with Crippen LogP contribution in [0.25, 0.3) is 17.1 Å². The molecule has 0 saturated carbocycles. The van der Waals surface area contributed by atoms with Crippen molar-refractivity contribution in [3.63, 3.8) is 0 Å². The Bertz CT molecular complexity index is 1620. The van der Waals surface area contributed by atoms with Crippen molar-refractivity contribution in [2.24, 2.45) is 11.8 Å². The molecule has 42 heavy (non-hydrogen) atoms. The number of alkyl halides is 3. The van der Waals surface area contributed by atoms with Crippen LogP contribution in [0.4, 0.5) is 13.2 Å². The normalized spacial score (nSPS) is 18.3. The largest absolute Gasteiger partial charge is 0.416 e. The molecule has 3 heterocycles. The van der Waals surface area contributed by atoms with Gasteiger partial charge in [0.15, 0.2) is 17.8 Å². The standard InChI is InChI=1S/C28H29ClF3N7O3/c1-17-11-18(2)13-36(12-17)26(41)21-5-3-4-6-22(21)39-16-33-24(34-39)15-38-27(42)37(14-23(40)28(30,31)32)25(35-38)19-7-9-20(29)10-8-19/h3-10,16-18,23,40H,11-15H2,1-2H3/t17?,18?,23-/m0/s1. The van der Waals surface area contributed by atoms with Crippen LogP contribution in [0.5, 0.6) is 0 Å². The third kappa shape index (κ3) is 6.26. The van der Waals surface area contributed by atoms with Crippen LogP contribution in [-0.4, -0.2) is 70.4 Å². The number of amides is 1. The van der Waals surface area contributed by atoms with Crippen molar-refractivity contribution in [3.05, 3.63) is 81.8 Å². The smallest absolute Gasteiger partial charge is 0.382 e. The lowest BCUT2D eigenvalue weighted by Gasteiger charge is -2.35. The predicted molar refractivity (Wildman–Crippen MR) is 148 cm³/mol. The molecule has 0 aliphatic carbocycles. The highest BCUT2D eigenvalue weighted by Crippen LogP contribution is 2.26. The molecule has 222 valence electrons. The van der Waals surface area contributed by atoms with Crippen LogP contribution < -0.4 is 5.69 Å². The average molecular weight is 604 g/mol. The van der Waals surface area contributed by atoms with E-state index in [1.54, 1.807) is 24.3 Å². The fourth-order valence-corrected chi connectivity index (χ4v) is 5.40. The summed E-state index contributed by atoms with van der Waals surface area (Å²) in [6, 6.07) is 13.0. The molecule has 0 spiro atoms. The zero-order valence-electron chi connectivity index (χ0n) is 22.9. The highest BCUT2D eigenvalue weighted by atomic mass is 35.5. The monoisotopic (exact) mass is 603 g/mol. The van der Waals surface area contributed by atoms with E-state index in [-0.39, 0.29) is 24.1 Å². The molecule has 1 aliphatic rings. The number of piperidine rings is 1. The van der Waals surface area contributed by atoms with Crippen molar-refractivity contribution in [2.45, 2.75) is 45.6 Å². The van der Waals surface area contributed by atoms with Gasteiger partial charge < -0.3 is 10.0 Å². The number of rotatable bonds is 7. The Hall–Kier alpha value is -3.97. The van der Waals surface area contributed by atoms with Crippen LogP contribution >= 0.6 is 11.6 Å². The zero-order valence-corrected chi connectivity index (χ0v) is 23.6. The van der Waals surface area contributed by atoms with Gasteiger partial charge in [-0.15, -0.1) is 10.2 Å². The van der Waals surface area contributed by atoms with E-state index in [2.05, 4.69) is 29.0 Å². The van der Waals surface area contributed by atoms with Crippen molar-refractivity contribution in [1.82, 2.24) is 34.0 Å². The van der Waals surface area contributed by atoms with E-state index < -0.39 is 24.5 Å². The molecule has 1 aliphatic heterocycles. The second-order valence-corrected chi connectivity index (χ2v) is 11.2. The molecule has 4 aromatic rings. The molecule has 14 heteroatoms. The van der Waals surface area contributed by atoms with E-state index in [0.717, 1.165) is 15.7 Å². The minimum atomic E-state index is -4.94. The van der Waals surface area contributed by atoms with Gasteiger partial charge in [-0.3, -0.25) is 9.36 Å². The van der Waals surface area contributed by atoms with Crippen molar-refractivity contribution >= 4 is 17.5 Å². The minimum Gasteiger partial charge on any atom is -0.382 e. The molecule has 5 rings (SSSR count). The van der Waals surface area contributed by atoms with E-state index in [4.69, 9.17) is 11.6 Å². The summed E-state index contributed by atoms with van der Waals surface area (Å²) >= 11 is 5.94. The number of carbonyl (C=O) groups excluding carboxylic acids is 1. The summed E-state index contributed by atoms with van der Waals surface area (Å²) in [5.74, 6) is 0.710. The number of carbonyl (C=O) groups is 1. The minimum absolute atomic E-state index is 0.0830. The Morgan fingerprint density at radius 3 is 2.40 bits per heavy atom. The van der Waals surface area contributed by atoms with Crippen LogP contribution in [0.2, 0.25) is 5.02 Å². The molecule has 2 unspecified atom stereocenters. The molecular weight excluding hydrogens is 575 g/mol. The first-order chi connectivity index (χ1) is 19.9. The van der Waals surface area contributed by atoms with Crippen LogP contribution in [0.15, 0.2) is 59.7 Å². The fourth-order valence-electron chi connectivity index (χ4n) is 5.27. The molecule has 1 N–H and O–H groups in total.